The fraction of sp³-hybridized carbons (Fsp3) is 0.333. The Kier molecular flexibility index (Phi) is 5.34. The fourth-order valence-corrected chi connectivity index (χ4v) is 4.05. The number of amidine groups is 1. The lowest BCUT2D eigenvalue weighted by Gasteiger charge is -2.18. The van der Waals surface area contributed by atoms with Crippen molar-refractivity contribution in [2.24, 2.45) is 4.99 Å². The molecule has 5 nitrogen and oxygen atoms in total. The third kappa shape index (κ3) is 4.45. The van der Waals surface area contributed by atoms with E-state index in [-0.39, 0.29) is 5.91 Å². The first-order valence-corrected chi connectivity index (χ1v) is 10.2. The molecule has 0 spiro atoms. The van der Waals surface area contributed by atoms with E-state index < -0.39 is 0 Å². The monoisotopic (exact) mass is 381 g/mol. The maximum atomic E-state index is 12.3. The predicted octanol–water partition coefficient (Wildman–Crippen LogP) is 4.86. The summed E-state index contributed by atoms with van der Waals surface area (Å²) in [5.41, 5.74) is 2.01. The van der Waals surface area contributed by atoms with E-state index in [1.165, 1.54) is 43.0 Å². The van der Waals surface area contributed by atoms with Gasteiger partial charge in [0.15, 0.2) is 11.1 Å². The van der Waals surface area contributed by atoms with Gasteiger partial charge < -0.3 is 14.6 Å². The molecule has 27 heavy (non-hydrogen) atoms. The van der Waals surface area contributed by atoms with Gasteiger partial charge in [0.1, 0.15) is 5.76 Å². The van der Waals surface area contributed by atoms with Crippen molar-refractivity contribution in [3.8, 4) is 0 Å². The van der Waals surface area contributed by atoms with Crippen molar-refractivity contribution in [2.45, 2.75) is 32.6 Å². The Morgan fingerprint density at radius 2 is 1.81 bits per heavy atom. The molecule has 0 aliphatic carbocycles. The number of nitrogens with zero attached hydrogens (tertiary/aromatic N) is 2. The highest BCUT2D eigenvalue weighted by Crippen LogP contribution is 2.30. The summed E-state index contributed by atoms with van der Waals surface area (Å²) in [4.78, 5) is 19.6. The average Bonchev–Trinajstić information content (AvgIpc) is 3.14. The van der Waals surface area contributed by atoms with E-state index >= 15 is 0 Å². The van der Waals surface area contributed by atoms with Crippen LogP contribution in [0, 0.1) is 6.92 Å². The highest BCUT2D eigenvalue weighted by molar-refractivity contribution is 8.18. The number of benzene rings is 1. The van der Waals surface area contributed by atoms with Gasteiger partial charge in [-0.15, -0.1) is 0 Å². The van der Waals surface area contributed by atoms with E-state index in [2.05, 4.69) is 15.2 Å². The molecule has 0 atom stereocenters. The molecule has 2 aliphatic heterocycles. The molecule has 6 heteroatoms. The quantitative estimate of drug-likeness (QED) is 0.772. The number of hydrogen-bond acceptors (Lipinski definition) is 5. The highest BCUT2D eigenvalue weighted by Gasteiger charge is 2.24. The van der Waals surface area contributed by atoms with Gasteiger partial charge >= 0.3 is 0 Å². The van der Waals surface area contributed by atoms with Crippen LogP contribution in [0.4, 0.5) is 11.6 Å². The topological polar surface area (TPSA) is 57.8 Å². The number of aryl methyl sites for hydroxylation is 1. The first-order valence-electron chi connectivity index (χ1n) is 9.38. The maximum absolute atomic E-state index is 12.3. The van der Waals surface area contributed by atoms with Gasteiger partial charge in [0.25, 0.3) is 5.91 Å². The van der Waals surface area contributed by atoms with Crippen molar-refractivity contribution < 1.29 is 9.21 Å². The van der Waals surface area contributed by atoms with Crippen LogP contribution in [0.1, 0.15) is 37.0 Å². The highest BCUT2D eigenvalue weighted by atomic mass is 32.2. The molecule has 4 rings (SSSR count). The van der Waals surface area contributed by atoms with Gasteiger partial charge in [-0.05, 0) is 49.7 Å². The Hall–Kier alpha value is -2.47. The van der Waals surface area contributed by atoms with Crippen molar-refractivity contribution in [2.75, 3.05) is 18.0 Å². The number of carbonyl (C=O) groups excluding carboxylic acids is 1. The molecule has 1 aromatic carbocycles. The standard InChI is InChI=1S/C21H23N3O2S/c1-15-6-8-16(9-7-15)22-21-23-20(25)18(27-21)14-17-10-11-19(26-17)24-12-4-2-3-5-13-24/h6-11,14H,2-5,12-13H2,1H3,(H,22,23,25)/b18-14+. The lowest BCUT2D eigenvalue weighted by atomic mass is 10.2. The van der Waals surface area contributed by atoms with E-state index in [1.54, 1.807) is 6.08 Å². The molecule has 1 N–H and O–H groups in total. The second-order valence-electron chi connectivity index (χ2n) is 6.89. The van der Waals surface area contributed by atoms with Crippen LogP contribution in [0.15, 0.2) is 50.7 Å². The van der Waals surface area contributed by atoms with Gasteiger partial charge in [0, 0.05) is 25.2 Å². The number of amides is 1. The fourth-order valence-electron chi connectivity index (χ4n) is 3.23. The van der Waals surface area contributed by atoms with Crippen molar-refractivity contribution in [3.63, 3.8) is 0 Å². The maximum Gasteiger partial charge on any atom is 0.264 e. The minimum absolute atomic E-state index is 0.140. The number of anilines is 1. The van der Waals surface area contributed by atoms with Gasteiger partial charge in [-0.1, -0.05) is 30.5 Å². The molecule has 0 unspecified atom stereocenters. The number of hydrogen-bond donors (Lipinski definition) is 1. The number of furan rings is 1. The van der Waals surface area contributed by atoms with E-state index in [0.29, 0.717) is 15.8 Å². The van der Waals surface area contributed by atoms with Crippen LogP contribution in [0.2, 0.25) is 0 Å². The Morgan fingerprint density at radius 3 is 2.56 bits per heavy atom. The van der Waals surface area contributed by atoms with Crippen LogP contribution in [-0.4, -0.2) is 24.2 Å². The summed E-state index contributed by atoms with van der Waals surface area (Å²) in [5, 5.41) is 3.41. The number of nitrogens with one attached hydrogen (secondary N) is 1. The van der Waals surface area contributed by atoms with E-state index in [1.807, 2.05) is 43.3 Å². The molecule has 2 saturated heterocycles. The summed E-state index contributed by atoms with van der Waals surface area (Å²) >= 11 is 1.34. The first kappa shape index (κ1) is 17.9. The van der Waals surface area contributed by atoms with Crippen LogP contribution in [-0.2, 0) is 4.79 Å². The second kappa shape index (κ2) is 8.05. The molecule has 0 radical (unpaired) electrons. The smallest absolute Gasteiger partial charge is 0.264 e. The Balaban J connectivity index is 1.47. The van der Waals surface area contributed by atoms with E-state index in [0.717, 1.165) is 24.7 Å². The summed E-state index contributed by atoms with van der Waals surface area (Å²) in [7, 11) is 0. The molecule has 0 bridgehead atoms. The van der Waals surface area contributed by atoms with E-state index in [9.17, 15) is 4.79 Å². The summed E-state index contributed by atoms with van der Waals surface area (Å²) in [6.45, 7) is 4.10. The molecule has 140 valence electrons. The summed E-state index contributed by atoms with van der Waals surface area (Å²) in [6, 6.07) is 11.8. The van der Waals surface area contributed by atoms with Gasteiger partial charge in [-0.2, -0.15) is 0 Å². The van der Waals surface area contributed by atoms with Crippen molar-refractivity contribution in [1.82, 2.24) is 5.32 Å². The molecule has 2 fully saturated rings. The molecule has 2 aromatic rings. The van der Waals surface area contributed by atoms with Gasteiger partial charge in [-0.3, -0.25) is 4.79 Å². The van der Waals surface area contributed by atoms with Gasteiger partial charge in [0.05, 0.1) is 10.6 Å². The summed E-state index contributed by atoms with van der Waals surface area (Å²) in [5.74, 6) is 1.45. The number of aliphatic imine (C=N–C) groups is 1. The first-order chi connectivity index (χ1) is 13.2. The molecule has 1 aromatic heterocycles. The lowest BCUT2D eigenvalue weighted by Crippen LogP contribution is -2.23. The van der Waals surface area contributed by atoms with E-state index in [4.69, 9.17) is 4.42 Å². The van der Waals surface area contributed by atoms with Crippen molar-refractivity contribution >= 4 is 40.5 Å². The molecular weight excluding hydrogens is 358 g/mol. The molecule has 0 saturated carbocycles. The molecular formula is C21H23N3O2S. The van der Waals surface area contributed by atoms with Crippen LogP contribution < -0.4 is 10.2 Å². The zero-order chi connectivity index (χ0) is 18.6. The molecule has 2 aliphatic rings. The van der Waals surface area contributed by atoms with Gasteiger partial charge in [0.2, 0.25) is 0 Å². The van der Waals surface area contributed by atoms with Crippen molar-refractivity contribution in [3.05, 3.63) is 52.6 Å². The minimum Gasteiger partial charge on any atom is -0.441 e. The van der Waals surface area contributed by atoms with Crippen LogP contribution in [0.3, 0.4) is 0 Å². The Bertz CT molecular complexity index is 875. The normalized spacial score (nSPS) is 20.9. The number of thioether (sulfide) groups is 1. The van der Waals surface area contributed by atoms with Crippen LogP contribution in [0.5, 0.6) is 0 Å². The summed E-state index contributed by atoms with van der Waals surface area (Å²) < 4.78 is 5.97. The Labute approximate surface area is 163 Å². The average molecular weight is 382 g/mol. The zero-order valence-electron chi connectivity index (χ0n) is 15.4. The van der Waals surface area contributed by atoms with Gasteiger partial charge in [-0.25, -0.2) is 4.99 Å². The second-order valence-corrected chi connectivity index (χ2v) is 7.93. The number of carbonyl (C=O) groups is 1. The van der Waals surface area contributed by atoms with Crippen LogP contribution >= 0.6 is 11.8 Å². The minimum atomic E-state index is -0.140. The zero-order valence-corrected chi connectivity index (χ0v) is 16.2. The number of rotatable bonds is 3. The largest absolute Gasteiger partial charge is 0.441 e. The molecule has 1 amide bonds. The SMILES string of the molecule is Cc1ccc(N=C2NC(=O)/C(=C\c3ccc(N4CCCCCC4)o3)S2)cc1. The third-order valence-electron chi connectivity index (χ3n) is 4.72. The summed E-state index contributed by atoms with van der Waals surface area (Å²) in [6.07, 6.45) is 6.77. The predicted molar refractivity (Wildman–Crippen MR) is 111 cm³/mol. The Morgan fingerprint density at radius 1 is 1.07 bits per heavy atom. The van der Waals surface area contributed by atoms with Crippen LogP contribution in [0.25, 0.3) is 6.08 Å². The molecule has 3 heterocycles. The van der Waals surface area contributed by atoms with Crippen molar-refractivity contribution in [1.29, 1.82) is 0 Å². The third-order valence-corrected chi connectivity index (χ3v) is 5.63. The lowest BCUT2D eigenvalue weighted by molar-refractivity contribution is -0.115.